The monoisotopic (exact) mass is 446 g/mol. The molecule has 28 heavy (non-hydrogen) atoms. The minimum atomic E-state index is -0.215. The normalized spacial score (nSPS) is 15.9. The van der Waals surface area contributed by atoms with Crippen LogP contribution in [0.3, 0.4) is 0 Å². The van der Waals surface area contributed by atoms with Gasteiger partial charge in [-0.3, -0.25) is 4.98 Å². The molecule has 2 aliphatic rings. The second kappa shape index (κ2) is 9.19. The minimum Gasteiger partial charge on any atom is -0.450 e. The number of aryl methyl sites for hydroxylation is 2. The van der Waals surface area contributed by atoms with Gasteiger partial charge in [-0.25, -0.2) is 4.79 Å². The molecular weight excluding hydrogens is 425 g/mol. The Balaban J connectivity index is 0.00000225. The summed E-state index contributed by atoms with van der Waals surface area (Å²) in [5, 5.41) is 0.772. The van der Waals surface area contributed by atoms with E-state index in [0.717, 1.165) is 36.4 Å². The van der Waals surface area contributed by atoms with Gasteiger partial charge >= 0.3 is 6.09 Å². The number of hydrogen-bond donors (Lipinski definition) is 0. The molecule has 142 valence electrons. The Kier molecular flexibility index (Phi) is 6.90. The first-order valence-electron chi connectivity index (χ1n) is 9.54. The zero-order chi connectivity index (χ0) is 18.8. The first-order valence-corrected chi connectivity index (χ1v) is 9.92. The number of carbonyl (C=O) groups excluding carboxylic acids is 1. The van der Waals surface area contributed by atoms with Crippen LogP contribution in [-0.4, -0.2) is 35.7 Å². The van der Waals surface area contributed by atoms with Crippen LogP contribution in [-0.2, 0) is 37.1 Å². The number of rotatable bonds is 1. The summed E-state index contributed by atoms with van der Waals surface area (Å²) in [7, 11) is 0. The number of likely N-dealkylation sites (tertiary alicyclic amines) is 1. The van der Waals surface area contributed by atoms with E-state index in [1.807, 2.05) is 25.3 Å². The van der Waals surface area contributed by atoms with E-state index in [2.05, 4.69) is 18.2 Å². The number of halogens is 1. The summed E-state index contributed by atoms with van der Waals surface area (Å²) in [4.78, 5) is 18.6. The maximum absolute atomic E-state index is 12.0. The van der Waals surface area contributed by atoms with Crippen LogP contribution in [0.15, 0.2) is 42.1 Å². The standard InChI is InChI=1S/C22H23ClN2O2.Zn/c1-2-27-22(26)25-12-9-15(10-13-25)20-19-8-7-18(23)14-17(19)6-5-16-4-3-11-24-21(16)20;/h3-4,7-8,11,14H,2,5-6,9-10,12-13H2,1H3;. The van der Waals surface area contributed by atoms with Crippen LogP contribution in [0.25, 0.3) is 5.57 Å². The van der Waals surface area contributed by atoms with Crippen LogP contribution in [0.4, 0.5) is 4.79 Å². The van der Waals surface area contributed by atoms with Gasteiger partial charge in [0.1, 0.15) is 0 Å². The topological polar surface area (TPSA) is 42.4 Å². The van der Waals surface area contributed by atoms with E-state index >= 15 is 0 Å². The predicted molar refractivity (Wildman–Crippen MR) is 107 cm³/mol. The summed E-state index contributed by atoms with van der Waals surface area (Å²) < 4.78 is 5.15. The number of carbonyl (C=O) groups is 1. The minimum absolute atomic E-state index is 0. The average molecular weight is 448 g/mol. The molecule has 4 rings (SSSR count). The molecule has 0 unspecified atom stereocenters. The molecule has 0 saturated carbocycles. The second-order valence-corrected chi connectivity index (χ2v) is 7.41. The van der Waals surface area contributed by atoms with Gasteiger partial charge in [-0.1, -0.05) is 29.3 Å². The molecule has 2 aromatic rings. The van der Waals surface area contributed by atoms with E-state index < -0.39 is 0 Å². The third kappa shape index (κ3) is 4.16. The van der Waals surface area contributed by atoms with Gasteiger partial charge in [-0.05, 0) is 67.5 Å². The van der Waals surface area contributed by atoms with Gasteiger partial charge in [0, 0.05) is 49.4 Å². The second-order valence-electron chi connectivity index (χ2n) is 6.98. The van der Waals surface area contributed by atoms with Crippen molar-refractivity contribution < 1.29 is 29.0 Å². The number of benzene rings is 1. The summed E-state index contributed by atoms with van der Waals surface area (Å²) >= 11 is 6.27. The Morgan fingerprint density at radius 1 is 1.14 bits per heavy atom. The molecular formula is C22H23ClN2O2Zn. The van der Waals surface area contributed by atoms with Crippen molar-refractivity contribution in [2.75, 3.05) is 19.7 Å². The molecule has 6 heteroatoms. The van der Waals surface area contributed by atoms with E-state index in [1.54, 1.807) is 4.90 Å². The summed E-state index contributed by atoms with van der Waals surface area (Å²) in [6.07, 6.45) is 5.25. The van der Waals surface area contributed by atoms with Gasteiger partial charge in [-0.15, -0.1) is 0 Å². The fourth-order valence-corrected chi connectivity index (χ4v) is 4.25. The van der Waals surface area contributed by atoms with Crippen LogP contribution in [0.1, 0.15) is 42.1 Å². The zero-order valence-electron chi connectivity index (χ0n) is 16.2. The molecule has 1 amide bonds. The molecule has 0 spiro atoms. The summed E-state index contributed by atoms with van der Waals surface area (Å²) in [5.41, 5.74) is 7.46. The third-order valence-electron chi connectivity index (χ3n) is 5.37. The number of fused-ring (bicyclic) bond motifs is 2. The molecule has 1 aliphatic carbocycles. The van der Waals surface area contributed by atoms with Crippen molar-refractivity contribution in [3.8, 4) is 0 Å². The van der Waals surface area contributed by atoms with Crippen LogP contribution >= 0.6 is 11.6 Å². The molecule has 0 atom stereocenters. The fraction of sp³-hybridized carbons (Fsp3) is 0.364. The van der Waals surface area contributed by atoms with Crippen molar-refractivity contribution in [2.45, 2.75) is 32.6 Å². The van der Waals surface area contributed by atoms with Crippen molar-refractivity contribution in [3.63, 3.8) is 0 Å². The Labute approximate surface area is 183 Å². The Morgan fingerprint density at radius 2 is 1.89 bits per heavy atom. The molecule has 2 heterocycles. The summed E-state index contributed by atoms with van der Waals surface area (Å²) in [6, 6.07) is 10.3. The number of pyridine rings is 1. The molecule has 1 saturated heterocycles. The first-order chi connectivity index (χ1) is 13.2. The van der Waals surface area contributed by atoms with E-state index in [4.69, 9.17) is 21.3 Å². The Hall–Kier alpha value is -1.71. The van der Waals surface area contributed by atoms with Crippen LogP contribution in [0, 0.1) is 0 Å². The molecule has 0 bridgehead atoms. The number of ether oxygens (including phenoxy) is 1. The summed E-state index contributed by atoms with van der Waals surface area (Å²) in [5.74, 6) is 0. The van der Waals surface area contributed by atoms with Gasteiger partial charge in [-0.2, -0.15) is 0 Å². The van der Waals surface area contributed by atoms with Crippen LogP contribution in [0.5, 0.6) is 0 Å². The number of hydrogen-bond acceptors (Lipinski definition) is 3. The number of nitrogens with zero attached hydrogens (tertiary/aromatic N) is 2. The van der Waals surface area contributed by atoms with Gasteiger partial charge in [0.15, 0.2) is 0 Å². The van der Waals surface area contributed by atoms with Gasteiger partial charge < -0.3 is 9.64 Å². The van der Waals surface area contributed by atoms with Gasteiger partial charge in [0.05, 0.1) is 12.3 Å². The number of aromatic nitrogens is 1. The largest absolute Gasteiger partial charge is 0.450 e. The van der Waals surface area contributed by atoms with Gasteiger partial charge in [0.2, 0.25) is 0 Å². The Morgan fingerprint density at radius 3 is 2.64 bits per heavy atom. The SMILES string of the molecule is CCOC(=O)N1CCC(=C2c3ccc(Cl)cc3CCc3cccnc32)CC1.[Zn]. The van der Waals surface area contributed by atoms with E-state index in [0.29, 0.717) is 19.7 Å². The van der Waals surface area contributed by atoms with Crippen LogP contribution < -0.4 is 0 Å². The molecule has 4 nitrogen and oxygen atoms in total. The van der Waals surface area contributed by atoms with Crippen molar-refractivity contribution in [1.29, 1.82) is 0 Å². The summed E-state index contributed by atoms with van der Waals surface area (Å²) in [6.45, 7) is 3.62. The molecule has 0 N–H and O–H groups in total. The van der Waals surface area contributed by atoms with E-state index in [-0.39, 0.29) is 25.6 Å². The average Bonchev–Trinajstić information content (AvgIpc) is 2.85. The molecule has 1 aliphatic heterocycles. The van der Waals surface area contributed by atoms with Crippen LogP contribution in [0.2, 0.25) is 5.02 Å². The van der Waals surface area contributed by atoms with Crippen molar-refractivity contribution in [3.05, 3.63) is 69.5 Å². The quantitative estimate of drug-likeness (QED) is 0.584. The molecule has 0 radical (unpaired) electrons. The first kappa shape index (κ1) is 21.0. The predicted octanol–water partition coefficient (Wildman–Crippen LogP) is 4.89. The van der Waals surface area contributed by atoms with Gasteiger partial charge in [0.25, 0.3) is 0 Å². The molecule has 1 aromatic heterocycles. The van der Waals surface area contributed by atoms with E-state index in [9.17, 15) is 4.79 Å². The third-order valence-corrected chi connectivity index (χ3v) is 5.61. The Bertz CT molecular complexity index is 903. The maximum atomic E-state index is 12.0. The van der Waals surface area contributed by atoms with Crippen molar-refractivity contribution in [2.24, 2.45) is 0 Å². The zero-order valence-corrected chi connectivity index (χ0v) is 19.9. The number of piperidine rings is 1. The number of amides is 1. The van der Waals surface area contributed by atoms with E-state index in [1.165, 1.54) is 27.8 Å². The maximum Gasteiger partial charge on any atom is 0.409 e. The fourth-order valence-electron chi connectivity index (χ4n) is 4.06. The van der Waals surface area contributed by atoms with Crippen molar-refractivity contribution in [1.82, 2.24) is 9.88 Å². The smallest absolute Gasteiger partial charge is 0.409 e. The molecule has 1 fully saturated rings. The van der Waals surface area contributed by atoms with Crippen molar-refractivity contribution >= 4 is 23.3 Å². The molecule has 1 aromatic carbocycles.